The van der Waals surface area contributed by atoms with E-state index in [1.807, 2.05) is 0 Å². The number of hydrogen-bond donors (Lipinski definition) is 1. The number of halogens is 1. The van der Waals surface area contributed by atoms with Crippen molar-refractivity contribution in [2.45, 2.75) is 0 Å². The van der Waals surface area contributed by atoms with E-state index in [1.165, 1.54) is 23.3 Å². The Morgan fingerprint density at radius 3 is 2.67 bits per heavy atom. The topological polar surface area (TPSA) is 85.6 Å². The molecule has 0 aliphatic rings. The highest BCUT2D eigenvalue weighted by Crippen LogP contribution is 2.14. The molecule has 1 amide bonds. The van der Waals surface area contributed by atoms with Gasteiger partial charge in [-0.3, -0.25) is 9.78 Å². The highest BCUT2D eigenvalue weighted by atomic mass is 19.1. The van der Waals surface area contributed by atoms with E-state index in [1.54, 1.807) is 24.3 Å². The first-order chi connectivity index (χ1) is 10.2. The van der Waals surface area contributed by atoms with Gasteiger partial charge in [0.1, 0.15) is 6.33 Å². The number of carbonyl (C=O) groups excluding carboxylic acids is 1. The number of rotatable bonds is 3. The average Bonchev–Trinajstić information content (AvgIpc) is 3.02. The summed E-state index contributed by atoms with van der Waals surface area (Å²) in [6.07, 6.45) is 3.81. The quantitative estimate of drug-likeness (QED) is 0.786. The Morgan fingerprint density at radius 2 is 2.00 bits per heavy atom. The van der Waals surface area contributed by atoms with Crippen molar-refractivity contribution in [1.82, 2.24) is 25.2 Å². The van der Waals surface area contributed by atoms with Gasteiger partial charge >= 0.3 is 0 Å². The van der Waals surface area contributed by atoms with Crippen molar-refractivity contribution in [2.75, 3.05) is 5.32 Å². The number of anilines is 1. The van der Waals surface area contributed by atoms with Gasteiger partial charge in [0, 0.05) is 11.9 Å². The van der Waals surface area contributed by atoms with Gasteiger partial charge in [0.15, 0.2) is 5.82 Å². The first kappa shape index (κ1) is 12.9. The maximum absolute atomic E-state index is 13.4. The second kappa shape index (κ2) is 5.45. The van der Waals surface area contributed by atoms with Gasteiger partial charge in [0.25, 0.3) is 5.91 Å². The summed E-state index contributed by atoms with van der Waals surface area (Å²) >= 11 is 0. The van der Waals surface area contributed by atoms with E-state index in [9.17, 15) is 9.18 Å². The van der Waals surface area contributed by atoms with Crippen LogP contribution >= 0.6 is 0 Å². The van der Waals surface area contributed by atoms with Crippen LogP contribution in [0.3, 0.4) is 0 Å². The van der Waals surface area contributed by atoms with Gasteiger partial charge in [-0.2, -0.15) is 0 Å². The third-order valence-electron chi connectivity index (χ3n) is 2.76. The number of hydrogen-bond acceptors (Lipinski definition) is 5. The lowest BCUT2D eigenvalue weighted by molar-refractivity contribution is 0.102. The smallest absolute Gasteiger partial charge is 0.258 e. The van der Waals surface area contributed by atoms with Crippen molar-refractivity contribution in [1.29, 1.82) is 0 Å². The van der Waals surface area contributed by atoms with Crippen LogP contribution in [0.4, 0.5) is 10.1 Å². The standard InChI is InChI=1S/C13H9FN6O/c14-12-7-15-6-5-11(12)13(21)17-9-1-3-10(4-2-9)20-8-16-18-19-20/h1-8H,(H,17,21). The third-order valence-corrected chi connectivity index (χ3v) is 2.76. The summed E-state index contributed by atoms with van der Waals surface area (Å²) in [5, 5.41) is 13.4. The van der Waals surface area contributed by atoms with Gasteiger partial charge in [-0.05, 0) is 40.8 Å². The molecule has 0 aliphatic carbocycles. The molecule has 2 heterocycles. The normalized spacial score (nSPS) is 10.3. The van der Waals surface area contributed by atoms with Crippen LogP contribution in [-0.2, 0) is 0 Å². The molecular weight excluding hydrogens is 275 g/mol. The minimum absolute atomic E-state index is 0.0606. The number of tetrazole rings is 1. The van der Waals surface area contributed by atoms with E-state index >= 15 is 0 Å². The van der Waals surface area contributed by atoms with E-state index in [2.05, 4.69) is 25.8 Å². The zero-order valence-electron chi connectivity index (χ0n) is 10.6. The predicted molar refractivity (Wildman–Crippen MR) is 71.3 cm³/mol. The molecule has 1 N–H and O–H groups in total. The molecule has 0 unspecified atom stereocenters. The van der Waals surface area contributed by atoms with E-state index in [0.717, 1.165) is 11.9 Å². The Labute approximate surface area is 118 Å². The van der Waals surface area contributed by atoms with E-state index in [0.29, 0.717) is 5.69 Å². The predicted octanol–water partition coefficient (Wildman–Crippen LogP) is 1.45. The number of benzene rings is 1. The van der Waals surface area contributed by atoms with Crippen molar-refractivity contribution in [3.63, 3.8) is 0 Å². The van der Waals surface area contributed by atoms with Crippen LogP contribution in [-0.4, -0.2) is 31.1 Å². The molecule has 0 fully saturated rings. The van der Waals surface area contributed by atoms with Crippen LogP contribution in [0, 0.1) is 5.82 Å². The maximum Gasteiger partial charge on any atom is 0.258 e. The molecule has 21 heavy (non-hydrogen) atoms. The summed E-state index contributed by atoms with van der Waals surface area (Å²) in [7, 11) is 0. The molecule has 2 aromatic heterocycles. The summed E-state index contributed by atoms with van der Waals surface area (Å²) in [5.41, 5.74) is 1.22. The summed E-state index contributed by atoms with van der Waals surface area (Å²) in [4.78, 5) is 15.5. The molecule has 0 spiro atoms. The Kier molecular flexibility index (Phi) is 3.34. The number of carbonyl (C=O) groups is 1. The molecule has 3 aromatic rings. The second-order valence-corrected chi connectivity index (χ2v) is 4.11. The van der Waals surface area contributed by atoms with Crippen LogP contribution in [0.1, 0.15) is 10.4 Å². The van der Waals surface area contributed by atoms with Gasteiger partial charge in [-0.15, -0.1) is 5.10 Å². The summed E-state index contributed by atoms with van der Waals surface area (Å²) in [5.74, 6) is -1.20. The number of pyridine rings is 1. The van der Waals surface area contributed by atoms with E-state index in [4.69, 9.17) is 0 Å². The Hall–Kier alpha value is -3.16. The minimum atomic E-state index is -0.666. The molecule has 1 aromatic carbocycles. The molecule has 0 atom stereocenters. The zero-order valence-corrected chi connectivity index (χ0v) is 10.6. The van der Waals surface area contributed by atoms with Crippen molar-refractivity contribution >= 4 is 11.6 Å². The fraction of sp³-hybridized carbons (Fsp3) is 0. The first-order valence-corrected chi connectivity index (χ1v) is 5.98. The largest absolute Gasteiger partial charge is 0.322 e. The van der Waals surface area contributed by atoms with Crippen LogP contribution < -0.4 is 5.32 Å². The van der Waals surface area contributed by atoms with Gasteiger partial charge in [-0.25, -0.2) is 9.07 Å². The number of nitrogens with one attached hydrogen (secondary N) is 1. The monoisotopic (exact) mass is 284 g/mol. The molecule has 0 bridgehead atoms. The van der Waals surface area contributed by atoms with Crippen molar-refractivity contribution in [2.24, 2.45) is 0 Å². The molecular formula is C13H9FN6O. The first-order valence-electron chi connectivity index (χ1n) is 5.98. The molecule has 0 saturated heterocycles. The Morgan fingerprint density at radius 1 is 1.19 bits per heavy atom. The highest BCUT2D eigenvalue weighted by molar-refractivity contribution is 6.04. The fourth-order valence-corrected chi connectivity index (χ4v) is 1.73. The molecule has 3 rings (SSSR count). The van der Waals surface area contributed by atoms with Crippen molar-refractivity contribution in [3.8, 4) is 5.69 Å². The Bertz CT molecular complexity index is 757. The number of amides is 1. The van der Waals surface area contributed by atoms with Crippen molar-refractivity contribution in [3.05, 3.63) is 60.4 Å². The summed E-state index contributed by atoms with van der Waals surface area (Å²) in [6.45, 7) is 0. The summed E-state index contributed by atoms with van der Waals surface area (Å²) in [6, 6.07) is 8.13. The molecule has 0 aliphatic heterocycles. The zero-order chi connectivity index (χ0) is 14.7. The maximum atomic E-state index is 13.4. The third kappa shape index (κ3) is 2.73. The second-order valence-electron chi connectivity index (χ2n) is 4.11. The minimum Gasteiger partial charge on any atom is -0.322 e. The van der Waals surface area contributed by atoms with Crippen LogP contribution in [0.2, 0.25) is 0 Å². The molecule has 104 valence electrons. The van der Waals surface area contributed by atoms with Gasteiger partial charge in [0.05, 0.1) is 17.4 Å². The summed E-state index contributed by atoms with van der Waals surface area (Å²) < 4.78 is 14.9. The van der Waals surface area contributed by atoms with Gasteiger partial charge in [-0.1, -0.05) is 0 Å². The lowest BCUT2D eigenvalue weighted by atomic mass is 10.2. The molecule has 8 heteroatoms. The Balaban J connectivity index is 1.77. The molecule has 0 saturated carbocycles. The van der Waals surface area contributed by atoms with Crippen LogP contribution in [0.5, 0.6) is 0 Å². The lowest BCUT2D eigenvalue weighted by Gasteiger charge is -2.06. The molecule has 0 radical (unpaired) electrons. The van der Waals surface area contributed by atoms with E-state index in [-0.39, 0.29) is 5.56 Å². The highest BCUT2D eigenvalue weighted by Gasteiger charge is 2.11. The molecule has 7 nitrogen and oxygen atoms in total. The number of aromatic nitrogens is 5. The lowest BCUT2D eigenvalue weighted by Crippen LogP contribution is -2.13. The van der Waals surface area contributed by atoms with Gasteiger partial charge < -0.3 is 5.32 Å². The van der Waals surface area contributed by atoms with Crippen molar-refractivity contribution < 1.29 is 9.18 Å². The SMILES string of the molecule is O=C(Nc1ccc(-n2cnnn2)cc1)c1ccncc1F. The average molecular weight is 284 g/mol. The number of nitrogens with zero attached hydrogens (tertiary/aromatic N) is 5. The van der Waals surface area contributed by atoms with Crippen LogP contribution in [0.25, 0.3) is 5.69 Å². The fourth-order valence-electron chi connectivity index (χ4n) is 1.73. The van der Waals surface area contributed by atoms with Gasteiger partial charge in [0.2, 0.25) is 0 Å². The van der Waals surface area contributed by atoms with Crippen LogP contribution in [0.15, 0.2) is 49.1 Å². The van der Waals surface area contributed by atoms with E-state index < -0.39 is 11.7 Å².